The van der Waals surface area contributed by atoms with Crippen LogP contribution in [-0.2, 0) is 10.0 Å². The zero-order chi connectivity index (χ0) is 14.8. The van der Waals surface area contributed by atoms with Crippen molar-refractivity contribution in [1.82, 2.24) is 9.62 Å². The van der Waals surface area contributed by atoms with Gasteiger partial charge in [0.05, 0.1) is 4.90 Å². The van der Waals surface area contributed by atoms with Gasteiger partial charge in [0.15, 0.2) is 0 Å². The lowest BCUT2D eigenvalue weighted by molar-refractivity contribution is 0.270. The van der Waals surface area contributed by atoms with Crippen LogP contribution >= 0.6 is 12.4 Å². The van der Waals surface area contributed by atoms with Gasteiger partial charge in [-0.25, -0.2) is 12.8 Å². The number of nitrogens with one attached hydrogen (secondary N) is 1. The van der Waals surface area contributed by atoms with Gasteiger partial charge in [0.25, 0.3) is 0 Å². The Bertz CT molecular complexity index is 572. The molecule has 0 unspecified atom stereocenters. The molecule has 4 nitrogen and oxygen atoms in total. The van der Waals surface area contributed by atoms with E-state index in [9.17, 15) is 12.8 Å². The summed E-state index contributed by atoms with van der Waals surface area (Å²) in [5.41, 5.74) is 0.587. The fraction of sp³-hybridized carbons (Fsp3) is 0.571. The van der Waals surface area contributed by atoms with Crippen molar-refractivity contribution in [3.05, 3.63) is 29.6 Å². The summed E-state index contributed by atoms with van der Waals surface area (Å²) in [6.07, 6.45) is 1.68. The van der Waals surface area contributed by atoms with Crippen LogP contribution in [0.2, 0.25) is 0 Å². The molecule has 0 radical (unpaired) electrons. The van der Waals surface area contributed by atoms with Crippen molar-refractivity contribution in [3.63, 3.8) is 0 Å². The van der Waals surface area contributed by atoms with Crippen molar-refractivity contribution in [2.24, 2.45) is 5.92 Å². The number of halogens is 2. The van der Waals surface area contributed by atoms with E-state index in [0.717, 1.165) is 25.5 Å². The van der Waals surface area contributed by atoms with Crippen molar-refractivity contribution in [2.45, 2.75) is 24.7 Å². The lowest BCUT2D eigenvalue weighted by Crippen LogP contribution is -2.40. The second-order valence-corrected chi connectivity index (χ2v) is 7.22. The number of rotatable bonds is 4. The summed E-state index contributed by atoms with van der Waals surface area (Å²) >= 11 is 0. The Labute approximate surface area is 132 Å². The van der Waals surface area contributed by atoms with Gasteiger partial charge in [0, 0.05) is 13.1 Å². The molecule has 7 heteroatoms. The lowest BCUT2D eigenvalue weighted by Gasteiger charge is -2.31. The molecule has 0 aromatic heterocycles. The quantitative estimate of drug-likeness (QED) is 0.916. The molecule has 1 N–H and O–H groups in total. The van der Waals surface area contributed by atoms with Crippen LogP contribution in [0.15, 0.2) is 23.1 Å². The molecule has 1 saturated heterocycles. The Hall–Kier alpha value is -0.690. The molecular weight excluding hydrogens is 315 g/mol. The molecule has 2 rings (SSSR count). The monoisotopic (exact) mass is 336 g/mol. The number of hydrogen-bond acceptors (Lipinski definition) is 3. The number of sulfonamides is 1. The first-order valence-electron chi connectivity index (χ1n) is 6.86. The maximum atomic E-state index is 13.3. The standard InChI is InChI=1S/C14H21FN2O2S.ClH/c1-11-3-4-13(15)9-14(11)20(18,19)17-7-5-12(6-8-17)10-16-2;/h3-4,9,12,16H,5-8,10H2,1-2H3;1H. The first-order chi connectivity index (χ1) is 9.45. The number of aryl methyl sites for hydroxylation is 1. The third-order valence-electron chi connectivity index (χ3n) is 3.83. The van der Waals surface area contributed by atoms with Gasteiger partial charge in [-0.1, -0.05) is 6.07 Å². The average Bonchev–Trinajstić information content (AvgIpc) is 2.42. The molecule has 0 aliphatic carbocycles. The van der Waals surface area contributed by atoms with Gasteiger partial charge in [-0.3, -0.25) is 0 Å². The van der Waals surface area contributed by atoms with Gasteiger partial charge < -0.3 is 5.32 Å². The molecule has 1 aliphatic heterocycles. The highest BCUT2D eigenvalue weighted by Crippen LogP contribution is 2.25. The molecule has 1 aromatic rings. The zero-order valence-electron chi connectivity index (χ0n) is 12.3. The highest BCUT2D eigenvalue weighted by Gasteiger charge is 2.30. The van der Waals surface area contributed by atoms with E-state index in [4.69, 9.17) is 0 Å². The molecule has 1 heterocycles. The summed E-state index contributed by atoms with van der Waals surface area (Å²) in [7, 11) is -1.68. The minimum absolute atomic E-state index is 0. The van der Waals surface area contributed by atoms with Crippen molar-refractivity contribution < 1.29 is 12.8 Å². The number of hydrogen-bond donors (Lipinski definition) is 1. The van der Waals surface area contributed by atoms with Crippen LogP contribution < -0.4 is 5.32 Å². The van der Waals surface area contributed by atoms with Crippen molar-refractivity contribution in [1.29, 1.82) is 0 Å². The van der Waals surface area contributed by atoms with E-state index in [2.05, 4.69) is 5.32 Å². The normalized spacial score (nSPS) is 17.5. The number of benzene rings is 1. The van der Waals surface area contributed by atoms with Crippen LogP contribution in [0.5, 0.6) is 0 Å². The minimum Gasteiger partial charge on any atom is -0.319 e. The molecule has 0 atom stereocenters. The van der Waals surface area contributed by atoms with Gasteiger partial charge in [-0.05, 0) is 57.0 Å². The third kappa shape index (κ3) is 4.16. The summed E-state index contributed by atoms with van der Waals surface area (Å²) < 4.78 is 39.9. The van der Waals surface area contributed by atoms with Crippen LogP contribution in [-0.4, -0.2) is 39.4 Å². The maximum Gasteiger partial charge on any atom is 0.243 e. The van der Waals surface area contributed by atoms with Crippen LogP contribution in [0.25, 0.3) is 0 Å². The molecule has 0 saturated carbocycles. The maximum absolute atomic E-state index is 13.3. The number of nitrogens with zero attached hydrogens (tertiary/aromatic N) is 1. The fourth-order valence-electron chi connectivity index (χ4n) is 2.63. The highest BCUT2D eigenvalue weighted by molar-refractivity contribution is 7.89. The van der Waals surface area contributed by atoms with Crippen LogP contribution in [0, 0.1) is 18.7 Å². The average molecular weight is 337 g/mol. The Morgan fingerprint density at radius 2 is 1.95 bits per heavy atom. The van der Waals surface area contributed by atoms with Gasteiger partial charge >= 0.3 is 0 Å². The molecule has 120 valence electrons. The predicted octanol–water partition coefficient (Wildman–Crippen LogP) is 2.18. The Kier molecular flexibility index (Phi) is 6.59. The summed E-state index contributed by atoms with van der Waals surface area (Å²) in [5.74, 6) is -0.000648. The number of piperidine rings is 1. The lowest BCUT2D eigenvalue weighted by atomic mass is 9.98. The first kappa shape index (κ1) is 18.4. The molecule has 0 amide bonds. The van der Waals surface area contributed by atoms with E-state index >= 15 is 0 Å². The Morgan fingerprint density at radius 1 is 1.33 bits per heavy atom. The molecule has 0 spiro atoms. The molecular formula is C14H22ClFN2O2S. The van der Waals surface area contributed by atoms with Crippen LogP contribution in [0.1, 0.15) is 18.4 Å². The summed E-state index contributed by atoms with van der Waals surface area (Å²) in [6, 6.07) is 3.91. The van der Waals surface area contributed by atoms with Gasteiger partial charge in [0.2, 0.25) is 10.0 Å². The molecule has 1 aliphatic rings. The Balaban J connectivity index is 0.00000220. The predicted molar refractivity (Wildman–Crippen MR) is 83.8 cm³/mol. The van der Waals surface area contributed by atoms with Gasteiger partial charge in [0.1, 0.15) is 5.82 Å². The summed E-state index contributed by atoms with van der Waals surface area (Å²) in [6.45, 7) is 3.61. The molecule has 1 aromatic carbocycles. The van der Waals surface area contributed by atoms with E-state index in [0.29, 0.717) is 24.6 Å². The zero-order valence-corrected chi connectivity index (χ0v) is 13.9. The largest absolute Gasteiger partial charge is 0.319 e. The fourth-order valence-corrected chi connectivity index (χ4v) is 4.34. The van der Waals surface area contributed by atoms with Gasteiger partial charge in [-0.15, -0.1) is 12.4 Å². The van der Waals surface area contributed by atoms with Crippen molar-refractivity contribution in [2.75, 3.05) is 26.7 Å². The Morgan fingerprint density at radius 3 is 2.52 bits per heavy atom. The summed E-state index contributed by atoms with van der Waals surface area (Å²) in [4.78, 5) is 0.0876. The topological polar surface area (TPSA) is 49.4 Å². The van der Waals surface area contributed by atoms with Crippen molar-refractivity contribution >= 4 is 22.4 Å². The van der Waals surface area contributed by atoms with E-state index in [-0.39, 0.29) is 17.3 Å². The van der Waals surface area contributed by atoms with E-state index in [1.807, 2.05) is 7.05 Å². The third-order valence-corrected chi connectivity index (χ3v) is 5.87. The van der Waals surface area contributed by atoms with Crippen LogP contribution in [0.3, 0.4) is 0 Å². The summed E-state index contributed by atoms with van der Waals surface area (Å²) in [5, 5.41) is 3.12. The van der Waals surface area contributed by atoms with E-state index in [1.54, 1.807) is 6.92 Å². The van der Waals surface area contributed by atoms with Crippen LogP contribution in [0.4, 0.5) is 4.39 Å². The highest BCUT2D eigenvalue weighted by atomic mass is 35.5. The minimum atomic E-state index is -3.58. The SMILES string of the molecule is CNCC1CCN(S(=O)(=O)c2cc(F)ccc2C)CC1.Cl. The first-order valence-corrected chi connectivity index (χ1v) is 8.30. The second-order valence-electron chi connectivity index (χ2n) is 5.31. The van der Waals surface area contributed by atoms with E-state index in [1.165, 1.54) is 16.4 Å². The second kappa shape index (κ2) is 7.54. The van der Waals surface area contributed by atoms with Crippen molar-refractivity contribution in [3.8, 4) is 0 Å². The molecule has 1 fully saturated rings. The molecule has 0 bridgehead atoms. The van der Waals surface area contributed by atoms with E-state index < -0.39 is 15.8 Å². The van der Waals surface area contributed by atoms with Gasteiger partial charge in [-0.2, -0.15) is 4.31 Å². The smallest absolute Gasteiger partial charge is 0.243 e. The molecule has 21 heavy (non-hydrogen) atoms.